The van der Waals surface area contributed by atoms with E-state index in [4.69, 9.17) is 9.47 Å². The van der Waals surface area contributed by atoms with Gasteiger partial charge in [0.1, 0.15) is 17.3 Å². The van der Waals surface area contributed by atoms with Crippen molar-refractivity contribution in [3.63, 3.8) is 0 Å². The quantitative estimate of drug-likeness (QED) is 0.760. The molecule has 1 aliphatic heterocycles. The molecule has 0 spiro atoms. The van der Waals surface area contributed by atoms with Crippen molar-refractivity contribution in [3.8, 4) is 11.5 Å². The lowest BCUT2D eigenvalue weighted by Gasteiger charge is -2.61. The number of benzene rings is 2. The van der Waals surface area contributed by atoms with E-state index in [1.165, 1.54) is 31.4 Å². The SMILES string of the molecule is COc1cc2c(c(OC)c1NC(=O)CC13CC(C1)C3)CN(c1ccc(F)cc1)CC2. The molecule has 0 aromatic heterocycles. The number of halogens is 1. The number of anilines is 2. The number of carbonyl (C=O) groups excluding carboxylic acids is 1. The lowest BCUT2D eigenvalue weighted by atomic mass is 9.43. The maximum absolute atomic E-state index is 13.3. The molecule has 6 rings (SSSR count). The molecule has 2 aromatic carbocycles. The van der Waals surface area contributed by atoms with Crippen LogP contribution in [0.3, 0.4) is 0 Å². The van der Waals surface area contributed by atoms with Gasteiger partial charge < -0.3 is 19.7 Å². The normalized spacial score (nSPS) is 23.7. The first-order chi connectivity index (χ1) is 14.5. The molecule has 0 unspecified atom stereocenters. The van der Waals surface area contributed by atoms with Gasteiger partial charge >= 0.3 is 0 Å². The predicted molar refractivity (Wildman–Crippen MR) is 114 cm³/mol. The largest absolute Gasteiger partial charge is 0.494 e. The monoisotopic (exact) mass is 410 g/mol. The fraction of sp³-hybridized carbons (Fsp3) is 0.458. The number of hydrogen-bond acceptors (Lipinski definition) is 4. The average molecular weight is 410 g/mol. The third kappa shape index (κ3) is 3.18. The molecule has 158 valence electrons. The van der Waals surface area contributed by atoms with Crippen LogP contribution in [-0.4, -0.2) is 26.7 Å². The molecule has 1 N–H and O–H groups in total. The van der Waals surface area contributed by atoms with Gasteiger partial charge in [-0.05, 0) is 72.9 Å². The van der Waals surface area contributed by atoms with E-state index in [-0.39, 0.29) is 17.1 Å². The van der Waals surface area contributed by atoms with Gasteiger partial charge in [-0.25, -0.2) is 4.39 Å². The summed E-state index contributed by atoms with van der Waals surface area (Å²) in [4.78, 5) is 15.0. The van der Waals surface area contributed by atoms with Crippen LogP contribution < -0.4 is 19.7 Å². The Kier molecular flexibility index (Phi) is 4.60. The van der Waals surface area contributed by atoms with Gasteiger partial charge in [0.15, 0.2) is 5.75 Å². The van der Waals surface area contributed by atoms with Gasteiger partial charge in [-0.1, -0.05) is 0 Å². The number of fused-ring (bicyclic) bond motifs is 1. The molecule has 0 saturated heterocycles. The van der Waals surface area contributed by atoms with Crippen LogP contribution in [0.25, 0.3) is 0 Å². The standard InChI is InChI=1S/C24H27FN2O3/c1-29-20-9-16-7-8-27(18-5-3-17(25)4-6-18)14-19(16)23(30-2)22(20)26-21(28)13-24-10-15(11-24)12-24/h3-6,9,15H,7-8,10-14H2,1-2H3,(H,26,28). The maximum Gasteiger partial charge on any atom is 0.225 e. The van der Waals surface area contributed by atoms with Crippen LogP contribution in [0.4, 0.5) is 15.8 Å². The maximum atomic E-state index is 13.3. The molecule has 1 heterocycles. The second-order valence-electron chi connectivity index (χ2n) is 8.98. The molecule has 5 nitrogen and oxygen atoms in total. The molecule has 2 bridgehead atoms. The van der Waals surface area contributed by atoms with Crippen LogP contribution in [0.5, 0.6) is 11.5 Å². The van der Waals surface area contributed by atoms with Crippen molar-refractivity contribution < 1.29 is 18.7 Å². The van der Waals surface area contributed by atoms with Crippen LogP contribution in [0.15, 0.2) is 30.3 Å². The van der Waals surface area contributed by atoms with E-state index in [0.717, 1.165) is 35.7 Å². The third-order valence-electron chi connectivity index (χ3n) is 7.02. The molecular weight excluding hydrogens is 383 g/mol. The van der Waals surface area contributed by atoms with Crippen molar-refractivity contribution in [2.75, 3.05) is 31.0 Å². The Bertz CT molecular complexity index is 972. The highest BCUT2D eigenvalue weighted by Crippen LogP contribution is 2.66. The number of rotatable bonds is 6. The van der Waals surface area contributed by atoms with E-state index in [1.54, 1.807) is 26.4 Å². The van der Waals surface area contributed by atoms with Crippen molar-refractivity contribution >= 4 is 17.3 Å². The highest BCUT2D eigenvalue weighted by molar-refractivity contribution is 5.95. The van der Waals surface area contributed by atoms with E-state index >= 15 is 0 Å². The van der Waals surface area contributed by atoms with Crippen molar-refractivity contribution in [2.24, 2.45) is 11.3 Å². The number of nitrogens with one attached hydrogen (secondary N) is 1. The summed E-state index contributed by atoms with van der Waals surface area (Å²) in [7, 11) is 3.24. The molecule has 1 amide bonds. The van der Waals surface area contributed by atoms with Crippen LogP contribution in [0, 0.1) is 17.2 Å². The van der Waals surface area contributed by atoms with E-state index < -0.39 is 0 Å². The lowest BCUT2D eigenvalue weighted by molar-refractivity contribution is -0.139. The Balaban J connectivity index is 1.43. The van der Waals surface area contributed by atoms with Gasteiger partial charge in [0.25, 0.3) is 0 Å². The van der Waals surface area contributed by atoms with Gasteiger partial charge in [-0.2, -0.15) is 0 Å². The van der Waals surface area contributed by atoms with E-state index in [1.807, 2.05) is 6.07 Å². The zero-order chi connectivity index (χ0) is 20.9. The first-order valence-electron chi connectivity index (χ1n) is 10.6. The second kappa shape index (κ2) is 7.18. The van der Waals surface area contributed by atoms with Crippen LogP contribution >= 0.6 is 0 Å². The summed E-state index contributed by atoms with van der Waals surface area (Å²) < 4.78 is 24.7. The molecular formula is C24H27FN2O3. The zero-order valence-electron chi connectivity index (χ0n) is 17.5. The Morgan fingerprint density at radius 1 is 1.20 bits per heavy atom. The van der Waals surface area contributed by atoms with Gasteiger partial charge in [0.2, 0.25) is 5.91 Å². The third-order valence-corrected chi connectivity index (χ3v) is 7.02. The molecule has 4 aliphatic rings. The molecule has 3 aliphatic carbocycles. The summed E-state index contributed by atoms with van der Waals surface area (Å²) in [5.41, 5.74) is 4.00. The fourth-order valence-electron chi connectivity index (χ4n) is 5.42. The minimum Gasteiger partial charge on any atom is -0.494 e. The molecule has 2 aromatic rings. The Morgan fingerprint density at radius 2 is 1.93 bits per heavy atom. The molecule has 3 saturated carbocycles. The van der Waals surface area contributed by atoms with E-state index in [0.29, 0.717) is 30.2 Å². The summed E-state index contributed by atoms with van der Waals surface area (Å²) in [6.45, 7) is 1.45. The summed E-state index contributed by atoms with van der Waals surface area (Å²) in [5, 5.41) is 3.09. The van der Waals surface area contributed by atoms with Crippen molar-refractivity contribution in [1.29, 1.82) is 0 Å². The minimum atomic E-state index is -0.243. The molecule has 0 atom stereocenters. The number of ether oxygens (including phenoxy) is 2. The summed E-state index contributed by atoms with van der Waals surface area (Å²) in [5.74, 6) is 1.92. The molecule has 6 heteroatoms. The smallest absolute Gasteiger partial charge is 0.225 e. The highest BCUT2D eigenvalue weighted by Gasteiger charge is 2.57. The number of nitrogens with zero attached hydrogens (tertiary/aromatic N) is 1. The Morgan fingerprint density at radius 3 is 2.53 bits per heavy atom. The van der Waals surface area contributed by atoms with Crippen molar-refractivity contribution in [2.45, 2.75) is 38.6 Å². The van der Waals surface area contributed by atoms with Crippen LogP contribution in [0.2, 0.25) is 0 Å². The first-order valence-corrected chi connectivity index (χ1v) is 10.6. The zero-order valence-corrected chi connectivity index (χ0v) is 17.5. The van der Waals surface area contributed by atoms with Gasteiger partial charge in [-0.15, -0.1) is 0 Å². The van der Waals surface area contributed by atoms with Crippen LogP contribution in [-0.2, 0) is 17.8 Å². The topological polar surface area (TPSA) is 50.8 Å². The van der Waals surface area contributed by atoms with Crippen molar-refractivity contribution in [1.82, 2.24) is 0 Å². The van der Waals surface area contributed by atoms with Crippen LogP contribution in [0.1, 0.15) is 36.8 Å². The van der Waals surface area contributed by atoms with E-state index in [2.05, 4.69) is 10.2 Å². The number of amides is 1. The summed E-state index contributed by atoms with van der Waals surface area (Å²) >= 11 is 0. The van der Waals surface area contributed by atoms with Gasteiger partial charge in [0, 0.05) is 30.8 Å². The Labute approximate surface area is 176 Å². The number of hydrogen-bond donors (Lipinski definition) is 1. The number of carbonyl (C=O) groups is 1. The minimum absolute atomic E-state index is 0.0240. The van der Waals surface area contributed by atoms with E-state index in [9.17, 15) is 9.18 Å². The predicted octanol–water partition coefficient (Wildman–Crippen LogP) is 4.53. The Hall–Kier alpha value is -2.76. The highest BCUT2D eigenvalue weighted by atomic mass is 19.1. The van der Waals surface area contributed by atoms with Gasteiger partial charge in [-0.3, -0.25) is 4.79 Å². The second-order valence-corrected chi connectivity index (χ2v) is 8.98. The summed E-state index contributed by atoms with van der Waals surface area (Å²) in [6, 6.07) is 8.56. The number of methoxy groups -OCH3 is 2. The average Bonchev–Trinajstić information content (AvgIpc) is 2.69. The molecule has 3 fully saturated rings. The van der Waals surface area contributed by atoms with Gasteiger partial charge in [0.05, 0.1) is 14.2 Å². The fourth-order valence-corrected chi connectivity index (χ4v) is 5.42. The molecule has 30 heavy (non-hydrogen) atoms. The van der Waals surface area contributed by atoms with Crippen molar-refractivity contribution in [3.05, 3.63) is 47.3 Å². The summed E-state index contributed by atoms with van der Waals surface area (Å²) in [6.07, 6.45) is 4.94. The molecule has 0 radical (unpaired) electrons. The first kappa shape index (κ1) is 19.2. The lowest BCUT2D eigenvalue weighted by Crippen LogP contribution is -2.53.